The molecule has 0 fully saturated rings. The highest BCUT2D eigenvalue weighted by Gasteiger charge is 2.08. The van der Waals surface area contributed by atoms with Crippen LogP contribution in [0, 0.1) is 5.82 Å². The number of hydrogen-bond donors (Lipinski definition) is 0. The highest BCUT2D eigenvalue weighted by atomic mass is 19.1. The highest BCUT2D eigenvalue weighted by Crippen LogP contribution is 2.20. The van der Waals surface area contributed by atoms with Gasteiger partial charge >= 0.3 is 0 Å². The van der Waals surface area contributed by atoms with Crippen molar-refractivity contribution in [1.29, 1.82) is 0 Å². The molecule has 4 aromatic rings. The summed E-state index contributed by atoms with van der Waals surface area (Å²) in [7, 11) is 0. The Kier molecular flexibility index (Phi) is 4.13. The van der Waals surface area contributed by atoms with Crippen molar-refractivity contribution in [1.82, 2.24) is 9.55 Å². The van der Waals surface area contributed by atoms with E-state index < -0.39 is 0 Å². The first-order chi connectivity index (χ1) is 12.3. The van der Waals surface area contributed by atoms with Crippen LogP contribution in [0.4, 0.5) is 4.39 Å². The number of imidazole rings is 1. The summed E-state index contributed by atoms with van der Waals surface area (Å²) in [5.74, 6) is 0.665. The van der Waals surface area contributed by atoms with Gasteiger partial charge in [0.25, 0.3) is 0 Å². The molecule has 0 saturated heterocycles. The third kappa shape index (κ3) is 3.36. The van der Waals surface area contributed by atoms with Gasteiger partial charge in [-0.1, -0.05) is 60.7 Å². The minimum atomic E-state index is -0.219. The molecule has 0 N–H and O–H groups in total. The van der Waals surface area contributed by atoms with Crippen molar-refractivity contribution >= 4 is 23.2 Å². The van der Waals surface area contributed by atoms with Gasteiger partial charge in [-0.25, -0.2) is 9.37 Å². The first-order valence-electron chi connectivity index (χ1n) is 8.22. The van der Waals surface area contributed by atoms with E-state index in [1.807, 2.05) is 54.6 Å². The fourth-order valence-electron chi connectivity index (χ4n) is 2.89. The van der Waals surface area contributed by atoms with Crippen LogP contribution in [-0.2, 0) is 6.54 Å². The Morgan fingerprint density at radius 1 is 0.800 bits per heavy atom. The van der Waals surface area contributed by atoms with E-state index in [0.717, 1.165) is 28.0 Å². The maximum atomic E-state index is 13.2. The third-order valence-corrected chi connectivity index (χ3v) is 4.16. The maximum Gasteiger partial charge on any atom is 0.134 e. The molecule has 0 atom stereocenters. The Bertz CT molecular complexity index is 1020. The molecule has 0 aliphatic rings. The molecule has 1 heterocycles. The highest BCUT2D eigenvalue weighted by molar-refractivity contribution is 5.80. The lowest BCUT2D eigenvalue weighted by molar-refractivity contribution is 0.626. The predicted octanol–water partition coefficient (Wildman–Crippen LogP) is 5.39. The lowest BCUT2D eigenvalue weighted by Gasteiger charge is -2.07. The zero-order chi connectivity index (χ0) is 17.1. The van der Waals surface area contributed by atoms with Gasteiger partial charge in [0.2, 0.25) is 0 Å². The minimum Gasteiger partial charge on any atom is -0.320 e. The molecule has 3 aromatic carbocycles. The summed E-state index contributed by atoms with van der Waals surface area (Å²) >= 11 is 0. The molecule has 3 heteroatoms. The smallest absolute Gasteiger partial charge is 0.134 e. The standard InChI is InChI=1S/C22H17FN2/c23-19-13-10-18(11-14-19)16-25-21-9-5-4-8-20(21)24-22(25)15-12-17-6-2-1-3-7-17/h1-15H,16H2. The topological polar surface area (TPSA) is 17.8 Å². The molecule has 0 radical (unpaired) electrons. The van der Waals surface area contributed by atoms with Gasteiger partial charge in [0.15, 0.2) is 0 Å². The van der Waals surface area contributed by atoms with Crippen LogP contribution in [-0.4, -0.2) is 9.55 Å². The van der Waals surface area contributed by atoms with Crippen molar-refractivity contribution in [2.45, 2.75) is 6.54 Å². The largest absolute Gasteiger partial charge is 0.320 e. The Morgan fingerprint density at radius 3 is 2.32 bits per heavy atom. The molecular formula is C22H17FN2. The number of nitrogens with zero attached hydrogens (tertiary/aromatic N) is 2. The fourth-order valence-corrected chi connectivity index (χ4v) is 2.89. The lowest BCUT2D eigenvalue weighted by Crippen LogP contribution is -2.02. The second kappa shape index (κ2) is 6.73. The third-order valence-electron chi connectivity index (χ3n) is 4.16. The Hall–Kier alpha value is -3.20. The summed E-state index contributed by atoms with van der Waals surface area (Å²) in [6.07, 6.45) is 4.08. The SMILES string of the molecule is Fc1ccc(Cn2c(C=Cc3ccccc3)nc3ccccc32)cc1. The minimum absolute atomic E-state index is 0.219. The average molecular weight is 328 g/mol. The molecule has 0 aliphatic carbocycles. The van der Waals surface area contributed by atoms with Gasteiger partial charge in [-0.05, 0) is 41.5 Å². The van der Waals surface area contributed by atoms with Crippen LogP contribution >= 0.6 is 0 Å². The van der Waals surface area contributed by atoms with E-state index >= 15 is 0 Å². The van der Waals surface area contributed by atoms with E-state index in [-0.39, 0.29) is 5.82 Å². The molecule has 0 spiro atoms. The summed E-state index contributed by atoms with van der Waals surface area (Å²) in [5.41, 5.74) is 4.19. The summed E-state index contributed by atoms with van der Waals surface area (Å²) in [6.45, 7) is 0.648. The van der Waals surface area contributed by atoms with E-state index in [4.69, 9.17) is 4.98 Å². The first kappa shape index (κ1) is 15.3. The van der Waals surface area contributed by atoms with Crippen LogP contribution < -0.4 is 0 Å². The number of rotatable bonds is 4. The molecule has 0 amide bonds. The van der Waals surface area contributed by atoms with Crippen molar-refractivity contribution in [3.63, 3.8) is 0 Å². The van der Waals surface area contributed by atoms with Crippen molar-refractivity contribution < 1.29 is 4.39 Å². The van der Waals surface area contributed by atoms with Gasteiger partial charge in [0, 0.05) is 6.54 Å². The van der Waals surface area contributed by atoms with Crippen LogP contribution in [0.2, 0.25) is 0 Å². The molecular weight excluding hydrogens is 311 g/mol. The van der Waals surface area contributed by atoms with E-state index in [9.17, 15) is 4.39 Å². The molecule has 0 unspecified atom stereocenters. The van der Waals surface area contributed by atoms with E-state index in [1.165, 1.54) is 12.1 Å². The van der Waals surface area contributed by atoms with Crippen LogP contribution in [0.1, 0.15) is 17.0 Å². The van der Waals surface area contributed by atoms with Crippen molar-refractivity contribution in [3.8, 4) is 0 Å². The lowest BCUT2D eigenvalue weighted by atomic mass is 10.2. The molecule has 1 aromatic heterocycles. The van der Waals surface area contributed by atoms with Crippen LogP contribution in [0.3, 0.4) is 0 Å². The average Bonchev–Trinajstić information content (AvgIpc) is 3.00. The van der Waals surface area contributed by atoms with E-state index in [0.29, 0.717) is 6.54 Å². The molecule has 0 bridgehead atoms. The van der Waals surface area contributed by atoms with Crippen LogP contribution in [0.25, 0.3) is 23.2 Å². The number of hydrogen-bond acceptors (Lipinski definition) is 1. The van der Waals surface area contributed by atoms with Gasteiger partial charge in [-0.2, -0.15) is 0 Å². The second-order valence-electron chi connectivity index (χ2n) is 5.92. The zero-order valence-corrected chi connectivity index (χ0v) is 13.6. The molecule has 4 rings (SSSR count). The number of benzene rings is 3. The van der Waals surface area contributed by atoms with Crippen molar-refractivity contribution in [2.24, 2.45) is 0 Å². The first-order valence-corrected chi connectivity index (χ1v) is 8.22. The summed E-state index contributed by atoms with van der Waals surface area (Å²) in [4.78, 5) is 4.74. The van der Waals surface area contributed by atoms with Gasteiger partial charge in [0.05, 0.1) is 11.0 Å². The Labute approximate surface area is 145 Å². The zero-order valence-electron chi connectivity index (χ0n) is 13.6. The summed E-state index contributed by atoms with van der Waals surface area (Å²) in [6, 6.07) is 24.8. The number of aromatic nitrogens is 2. The Balaban J connectivity index is 1.75. The van der Waals surface area contributed by atoms with Gasteiger partial charge in [-0.15, -0.1) is 0 Å². The molecule has 0 saturated carbocycles. The van der Waals surface area contributed by atoms with Gasteiger partial charge in [-0.3, -0.25) is 0 Å². The monoisotopic (exact) mass is 328 g/mol. The van der Waals surface area contributed by atoms with E-state index in [2.05, 4.69) is 28.8 Å². The molecule has 25 heavy (non-hydrogen) atoms. The van der Waals surface area contributed by atoms with Crippen LogP contribution in [0.15, 0.2) is 78.9 Å². The molecule has 122 valence electrons. The predicted molar refractivity (Wildman–Crippen MR) is 101 cm³/mol. The van der Waals surface area contributed by atoms with Gasteiger partial charge in [0.1, 0.15) is 11.6 Å². The van der Waals surface area contributed by atoms with Crippen LogP contribution in [0.5, 0.6) is 0 Å². The van der Waals surface area contributed by atoms with Gasteiger partial charge < -0.3 is 4.57 Å². The summed E-state index contributed by atoms with van der Waals surface area (Å²) in [5, 5.41) is 0. The second-order valence-corrected chi connectivity index (χ2v) is 5.92. The fraction of sp³-hybridized carbons (Fsp3) is 0.0455. The van der Waals surface area contributed by atoms with E-state index in [1.54, 1.807) is 0 Å². The number of halogens is 1. The normalized spacial score (nSPS) is 11.4. The Morgan fingerprint density at radius 2 is 1.52 bits per heavy atom. The quantitative estimate of drug-likeness (QED) is 0.491. The summed E-state index contributed by atoms with van der Waals surface area (Å²) < 4.78 is 15.3. The molecule has 2 nitrogen and oxygen atoms in total. The van der Waals surface area contributed by atoms with Crippen molar-refractivity contribution in [3.05, 3.63) is 102 Å². The van der Waals surface area contributed by atoms with Crippen molar-refractivity contribution in [2.75, 3.05) is 0 Å². The molecule has 0 aliphatic heterocycles. The maximum absolute atomic E-state index is 13.2. The number of para-hydroxylation sites is 2. The number of fused-ring (bicyclic) bond motifs is 1.